The van der Waals surface area contributed by atoms with Crippen molar-refractivity contribution in [1.82, 2.24) is 20.6 Å². The number of aromatic nitrogens is 2. The first-order valence-electron chi connectivity index (χ1n) is 6.69. The first kappa shape index (κ1) is 14.9. The fourth-order valence-corrected chi connectivity index (χ4v) is 1.62. The Kier molecular flexibility index (Phi) is 4.81. The summed E-state index contributed by atoms with van der Waals surface area (Å²) < 4.78 is 0. The molecular weight excluding hydrogens is 276 g/mol. The average molecular weight is 292 g/mol. The van der Waals surface area contributed by atoms with Crippen molar-refractivity contribution in [2.24, 2.45) is 0 Å². The summed E-state index contributed by atoms with van der Waals surface area (Å²) in [6, 6.07) is 0.343. The van der Waals surface area contributed by atoms with E-state index < -0.39 is 11.9 Å². The minimum atomic E-state index is -1.20. The number of aromatic carboxylic acids is 1. The molecule has 0 bridgehead atoms. The van der Waals surface area contributed by atoms with Crippen LogP contribution >= 0.6 is 0 Å². The predicted octanol–water partition coefficient (Wildman–Crippen LogP) is -0.0366. The molecule has 112 valence electrons. The van der Waals surface area contributed by atoms with Gasteiger partial charge in [-0.2, -0.15) is 0 Å². The zero-order valence-electron chi connectivity index (χ0n) is 11.3. The van der Waals surface area contributed by atoms with E-state index in [2.05, 4.69) is 20.6 Å². The summed E-state index contributed by atoms with van der Waals surface area (Å²) in [6.45, 7) is 0.347. The van der Waals surface area contributed by atoms with Gasteiger partial charge in [0.1, 0.15) is 5.69 Å². The molecule has 21 heavy (non-hydrogen) atoms. The Hall–Kier alpha value is -2.51. The molecule has 0 aliphatic heterocycles. The van der Waals surface area contributed by atoms with E-state index >= 15 is 0 Å². The van der Waals surface area contributed by atoms with Crippen molar-refractivity contribution < 1.29 is 19.5 Å². The van der Waals surface area contributed by atoms with E-state index in [-0.39, 0.29) is 17.3 Å². The van der Waals surface area contributed by atoms with Crippen LogP contribution < -0.4 is 10.6 Å². The Morgan fingerprint density at radius 3 is 2.43 bits per heavy atom. The van der Waals surface area contributed by atoms with Crippen LogP contribution in [0.3, 0.4) is 0 Å². The van der Waals surface area contributed by atoms with E-state index in [1.807, 2.05) is 0 Å². The predicted molar refractivity (Wildman–Crippen MR) is 71.7 cm³/mol. The van der Waals surface area contributed by atoms with Gasteiger partial charge in [0.25, 0.3) is 5.91 Å². The van der Waals surface area contributed by atoms with Gasteiger partial charge in [0.2, 0.25) is 5.91 Å². The molecular formula is C13H16N4O4. The summed E-state index contributed by atoms with van der Waals surface area (Å²) in [4.78, 5) is 41.0. The van der Waals surface area contributed by atoms with Crippen LogP contribution in [0.25, 0.3) is 0 Å². The molecule has 0 radical (unpaired) electrons. The molecule has 1 saturated carbocycles. The fraction of sp³-hybridized carbons (Fsp3) is 0.462. The number of nitrogens with zero attached hydrogens (tertiary/aromatic N) is 2. The van der Waals surface area contributed by atoms with Crippen molar-refractivity contribution >= 4 is 17.8 Å². The average Bonchev–Trinajstić information content (AvgIpc) is 3.27. The molecule has 0 saturated heterocycles. The van der Waals surface area contributed by atoms with Crippen LogP contribution in [0.2, 0.25) is 0 Å². The minimum Gasteiger partial charge on any atom is -0.476 e. The highest BCUT2D eigenvalue weighted by Crippen LogP contribution is 2.18. The van der Waals surface area contributed by atoms with Crippen molar-refractivity contribution in [1.29, 1.82) is 0 Å². The van der Waals surface area contributed by atoms with Gasteiger partial charge in [-0.05, 0) is 19.3 Å². The number of hydrogen-bond donors (Lipinski definition) is 3. The Morgan fingerprint density at radius 1 is 1.19 bits per heavy atom. The molecule has 1 aliphatic rings. The van der Waals surface area contributed by atoms with Gasteiger partial charge in [0.05, 0.1) is 12.4 Å². The van der Waals surface area contributed by atoms with E-state index in [4.69, 9.17) is 5.11 Å². The summed E-state index contributed by atoms with van der Waals surface area (Å²) in [7, 11) is 0. The summed E-state index contributed by atoms with van der Waals surface area (Å²) in [5, 5.41) is 14.1. The number of carbonyl (C=O) groups excluding carboxylic acids is 2. The number of carboxylic acid groups (broad SMARTS) is 1. The number of rotatable bonds is 7. The normalized spacial score (nSPS) is 13.5. The SMILES string of the molecule is O=C(CCCNC(=O)c1cnc(C(=O)O)cn1)NC1CC1. The van der Waals surface area contributed by atoms with Gasteiger partial charge in [0, 0.05) is 19.0 Å². The third-order valence-electron chi connectivity index (χ3n) is 2.91. The largest absolute Gasteiger partial charge is 0.476 e. The molecule has 0 aromatic carbocycles. The van der Waals surface area contributed by atoms with E-state index in [1.54, 1.807) is 0 Å². The molecule has 2 amide bonds. The van der Waals surface area contributed by atoms with Crippen LogP contribution in [0.4, 0.5) is 0 Å². The Balaban J connectivity index is 1.68. The third-order valence-corrected chi connectivity index (χ3v) is 2.91. The zero-order valence-corrected chi connectivity index (χ0v) is 11.3. The summed E-state index contributed by atoms with van der Waals surface area (Å²) >= 11 is 0. The molecule has 1 aliphatic carbocycles. The molecule has 0 unspecified atom stereocenters. The van der Waals surface area contributed by atoms with Gasteiger partial charge >= 0.3 is 5.97 Å². The molecule has 8 nitrogen and oxygen atoms in total. The van der Waals surface area contributed by atoms with Crippen molar-refractivity contribution in [3.05, 3.63) is 23.8 Å². The summed E-state index contributed by atoms with van der Waals surface area (Å²) in [5.74, 6) is -1.64. The first-order valence-corrected chi connectivity index (χ1v) is 6.69. The standard InChI is InChI=1S/C13H16N4O4/c18-11(17-8-3-4-8)2-1-5-14-12(19)9-6-16-10(7-15-9)13(20)21/h6-8H,1-5H2,(H,14,19)(H,17,18)(H,20,21). The zero-order chi connectivity index (χ0) is 15.2. The number of nitrogens with one attached hydrogen (secondary N) is 2. The second kappa shape index (κ2) is 6.78. The second-order valence-corrected chi connectivity index (χ2v) is 4.79. The summed E-state index contributed by atoms with van der Waals surface area (Å²) in [5.41, 5.74) is -0.175. The highest BCUT2D eigenvalue weighted by molar-refractivity contribution is 5.92. The molecule has 0 atom stereocenters. The molecule has 1 heterocycles. The van der Waals surface area contributed by atoms with Crippen LogP contribution in [-0.4, -0.2) is 45.4 Å². The Morgan fingerprint density at radius 2 is 1.86 bits per heavy atom. The number of carboxylic acids is 1. The molecule has 1 aromatic rings. The van der Waals surface area contributed by atoms with Crippen molar-refractivity contribution in [3.63, 3.8) is 0 Å². The monoisotopic (exact) mass is 292 g/mol. The Labute approximate surface area is 121 Å². The molecule has 3 N–H and O–H groups in total. The third kappa shape index (κ3) is 4.83. The smallest absolute Gasteiger partial charge is 0.356 e. The second-order valence-electron chi connectivity index (χ2n) is 4.79. The van der Waals surface area contributed by atoms with E-state index in [0.717, 1.165) is 25.2 Å². The van der Waals surface area contributed by atoms with Gasteiger partial charge < -0.3 is 15.7 Å². The summed E-state index contributed by atoms with van der Waals surface area (Å²) in [6.07, 6.45) is 5.13. The fourth-order valence-electron chi connectivity index (χ4n) is 1.62. The molecule has 2 rings (SSSR count). The first-order chi connectivity index (χ1) is 10.1. The minimum absolute atomic E-state index is 0.00245. The van der Waals surface area contributed by atoms with Crippen LogP contribution in [0.15, 0.2) is 12.4 Å². The van der Waals surface area contributed by atoms with Crippen LogP contribution in [-0.2, 0) is 4.79 Å². The maximum atomic E-state index is 11.7. The molecule has 0 spiro atoms. The van der Waals surface area contributed by atoms with Gasteiger partial charge in [0.15, 0.2) is 5.69 Å². The lowest BCUT2D eigenvalue weighted by Gasteiger charge is -2.05. The lowest BCUT2D eigenvalue weighted by molar-refractivity contribution is -0.121. The van der Waals surface area contributed by atoms with E-state index in [1.165, 1.54) is 0 Å². The van der Waals surface area contributed by atoms with Crippen LogP contribution in [0, 0.1) is 0 Å². The van der Waals surface area contributed by atoms with Crippen LogP contribution in [0.5, 0.6) is 0 Å². The van der Waals surface area contributed by atoms with E-state index in [0.29, 0.717) is 25.4 Å². The number of carbonyl (C=O) groups is 3. The van der Waals surface area contributed by atoms with Crippen molar-refractivity contribution in [2.45, 2.75) is 31.7 Å². The highest BCUT2D eigenvalue weighted by atomic mass is 16.4. The van der Waals surface area contributed by atoms with Crippen LogP contribution in [0.1, 0.15) is 46.7 Å². The van der Waals surface area contributed by atoms with Gasteiger partial charge in [-0.1, -0.05) is 0 Å². The van der Waals surface area contributed by atoms with Gasteiger partial charge in [-0.3, -0.25) is 9.59 Å². The Bertz CT molecular complexity index is 540. The molecule has 8 heteroatoms. The lowest BCUT2D eigenvalue weighted by atomic mass is 10.3. The molecule has 1 aromatic heterocycles. The van der Waals surface area contributed by atoms with E-state index in [9.17, 15) is 14.4 Å². The highest BCUT2D eigenvalue weighted by Gasteiger charge is 2.22. The number of hydrogen-bond acceptors (Lipinski definition) is 5. The van der Waals surface area contributed by atoms with Gasteiger partial charge in [-0.15, -0.1) is 0 Å². The maximum Gasteiger partial charge on any atom is 0.356 e. The van der Waals surface area contributed by atoms with Crippen molar-refractivity contribution in [2.75, 3.05) is 6.54 Å². The number of amides is 2. The van der Waals surface area contributed by atoms with Crippen molar-refractivity contribution in [3.8, 4) is 0 Å². The molecule has 1 fully saturated rings. The van der Waals surface area contributed by atoms with Gasteiger partial charge in [-0.25, -0.2) is 14.8 Å². The quantitative estimate of drug-likeness (QED) is 0.606. The lowest BCUT2D eigenvalue weighted by Crippen LogP contribution is -2.29. The topological polar surface area (TPSA) is 121 Å². The maximum absolute atomic E-state index is 11.7.